The molecule has 1 aliphatic heterocycles. The number of nitrogens with zero attached hydrogens (tertiary/aromatic N) is 3. The highest BCUT2D eigenvalue weighted by molar-refractivity contribution is 5.74. The average Bonchev–Trinajstić information content (AvgIpc) is 3.25. The quantitative estimate of drug-likeness (QED) is 0.814. The van der Waals surface area contributed by atoms with Gasteiger partial charge in [0.25, 0.3) is 0 Å². The highest BCUT2D eigenvalue weighted by atomic mass is 16.5. The summed E-state index contributed by atoms with van der Waals surface area (Å²) in [5.41, 5.74) is 2.28. The van der Waals surface area contributed by atoms with E-state index in [-0.39, 0.29) is 6.61 Å². The highest BCUT2D eigenvalue weighted by Gasteiger charge is 2.45. The highest BCUT2D eigenvalue weighted by Crippen LogP contribution is 2.40. The van der Waals surface area contributed by atoms with Gasteiger partial charge in [-0.05, 0) is 62.3 Å². The molecule has 3 atom stereocenters. The van der Waals surface area contributed by atoms with Gasteiger partial charge in [0.2, 0.25) is 11.7 Å². The number of benzene rings is 1. The summed E-state index contributed by atoms with van der Waals surface area (Å²) >= 11 is 0. The Labute approximate surface area is 164 Å². The molecule has 2 aliphatic rings. The Morgan fingerprint density at radius 1 is 1.25 bits per heavy atom. The van der Waals surface area contributed by atoms with Crippen molar-refractivity contribution in [1.82, 2.24) is 15.0 Å². The van der Waals surface area contributed by atoms with Crippen LogP contribution in [0.3, 0.4) is 0 Å². The number of likely N-dealkylation sites (tertiary alicyclic amines) is 1. The van der Waals surface area contributed by atoms with Crippen molar-refractivity contribution in [1.29, 1.82) is 0 Å². The van der Waals surface area contributed by atoms with Gasteiger partial charge in [-0.3, -0.25) is 9.69 Å². The third kappa shape index (κ3) is 4.04. The molecule has 2 aromatic rings. The zero-order chi connectivity index (χ0) is 19.7. The molecule has 1 saturated carbocycles. The first kappa shape index (κ1) is 18.9. The molecule has 0 bridgehead atoms. The van der Waals surface area contributed by atoms with Gasteiger partial charge in [-0.1, -0.05) is 24.1 Å². The zero-order valence-electron chi connectivity index (χ0n) is 16.4. The zero-order valence-corrected chi connectivity index (χ0v) is 16.4. The van der Waals surface area contributed by atoms with Crippen LogP contribution in [-0.2, 0) is 17.9 Å². The Morgan fingerprint density at radius 3 is 2.75 bits per heavy atom. The maximum absolute atomic E-state index is 11.7. The monoisotopic (exact) mass is 385 g/mol. The van der Waals surface area contributed by atoms with E-state index in [1.54, 1.807) is 0 Å². The Balaban J connectivity index is 1.41. The van der Waals surface area contributed by atoms with Gasteiger partial charge in [0.05, 0.1) is 6.54 Å². The molecule has 2 fully saturated rings. The fourth-order valence-corrected chi connectivity index (χ4v) is 4.76. The molecule has 7 heteroatoms. The number of aliphatic carboxylic acids is 1. The molecule has 3 unspecified atom stereocenters. The van der Waals surface area contributed by atoms with E-state index in [9.17, 15) is 9.90 Å². The molecular weight excluding hydrogens is 358 g/mol. The Morgan fingerprint density at radius 2 is 2.00 bits per heavy atom. The van der Waals surface area contributed by atoms with Gasteiger partial charge in [-0.15, -0.1) is 0 Å². The predicted octanol–water partition coefficient (Wildman–Crippen LogP) is 3.48. The number of ether oxygens (including phenoxy) is 1. The van der Waals surface area contributed by atoms with Crippen molar-refractivity contribution >= 4 is 5.97 Å². The van der Waals surface area contributed by atoms with E-state index >= 15 is 0 Å². The summed E-state index contributed by atoms with van der Waals surface area (Å²) in [6.45, 7) is 4.66. The second-order valence-corrected chi connectivity index (χ2v) is 8.09. The van der Waals surface area contributed by atoms with Gasteiger partial charge in [0, 0.05) is 6.04 Å². The van der Waals surface area contributed by atoms with Crippen molar-refractivity contribution in [3.63, 3.8) is 0 Å². The first-order valence-corrected chi connectivity index (χ1v) is 10.0. The molecule has 1 aromatic heterocycles. The standard InChI is InChI=1S/C21H27N3O4/c1-13-7-14(2)9-16(8-13)27-12-19-22-20(28-23-19)11-24-17-6-4-3-5-15(17)10-18(24)21(25)26/h7-9,15,17-18H,3-6,10-12H2,1-2H3,(H,25,26). The summed E-state index contributed by atoms with van der Waals surface area (Å²) in [7, 11) is 0. The number of rotatable bonds is 6. The van der Waals surface area contributed by atoms with Gasteiger partial charge in [0.15, 0.2) is 6.61 Å². The van der Waals surface area contributed by atoms with Crippen LogP contribution < -0.4 is 4.74 Å². The number of fused-ring (bicyclic) bond motifs is 1. The van der Waals surface area contributed by atoms with E-state index in [0.717, 1.165) is 42.6 Å². The Hall–Kier alpha value is -2.41. The number of carboxylic acids is 1. The summed E-state index contributed by atoms with van der Waals surface area (Å²) in [6, 6.07) is 5.87. The van der Waals surface area contributed by atoms with Crippen LogP contribution in [0.4, 0.5) is 0 Å². The average molecular weight is 385 g/mol. The second-order valence-electron chi connectivity index (χ2n) is 8.09. The van der Waals surface area contributed by atoms with Gasteiger partial charge in [-0.2, -0.15) is 4.98 Å². The molecule has 1 N–H and O–H groups in total. The van der Waals surface area contributed by atoms with E-state index < -0.39 is 12.0 Å². The van der Waals surface area contributed by atoms with Gasteiger partial charge >= 0.3 is 5.97 Å². The van der Waals surface area contributed by atoms with Crippen LogP contribution in [0.5, 0.6) is 5.75 Å². The minimum atomic E-state index is -0.757. The van der Waals surface area contributed by atoms with Crippen LogP contribution in [-0.4, -0.2) is 38.2 Å². The van der Waals surface area contributed by atoms with E-state index in [0.29, 0.717) is 30.2 Å². The normalized spacial score (nSPS) is 24.9. The van der Waals surface area contributed by atoms with Gasteiger partial charge < -0.3 is 14.4 Å². The molecule has 150 valence electrons. The van der Waals surface area contributed by atoms with E-state index in [1.165, 1.54) is 6.42 Å². The van der Waals surface area contributed by atoms with Crippen LogP contribution >= 0.6 is 0 Å². The van der Waals surface area contributed by atoms with Crippen LogP contribution in [0.1, 0.15) is 54.9 Å². The number of hydrogen-bond donors (Lipinski definition) is 1. The molecular formula is C21H27N3O4. The predicted molar refractivity (Wildman–Crippen MR) is 102 cm³/mol. The van der Waals surface area contributed by atoms with Crippen LogP contribution in [0, 0.1) is 19.8 Å². The second kappa shape index (κ2) is 7.91. The largest absolute Gasteiger partial charge is 0.485 e. The number of carbonyl (C=O) groups is 1. The third-order valence-electron chi connectivity index (χ3n) is 5.90. The molecule has 0 amide bonds. The molecule has 28 heavy (non-hydrogen) atoms. The summed E-state index contributed by atoms with van der Waals surface area (Å²) < 4.78 is 11.2. The van der Waals surface area contributed by atoms with E-state index in [1.807, 2.05) is 30.9 Å². The van der Waals surface area contributed by atoms with Gasteiger partial charge in [0.1, 0.15) is 11.8 Å². The van der Waals surface area contributed by atoms with Gasteiger partial charge in [-0.25, -0.2) is 0 Å². The Kier molecular flexibility index (Phi) is 5.35. The van der Waals surface area contributed by atoms with Crippen LogP contribution in [0.2, 0.25) is 0 Å². The molecule has 7 nitrogen and oxygen atoms in total. The number of aryl methyl sites for hydroxylation is 2. The first-order chi connectivity index (χ1) is 13.5. The lowest BCUT2D eigenvalue weighted by atomic mass is 9.85. The van der Waals surface area contributed by atoms with Crippen molar-refractivity contribution < 1.29 is 19.2 Å². The van der Waals surface area contributed by atoms with Crippen LogP contribution in [0.25, 0.3) is 0 Å². The molecule has 0 radical (unpaired) electrons. The summed E-state index contributed by atoms with van der Waals surface area (Å²) in [4.78, 5) is 18.2. The minimum absolute atomic E-state index is 0.223. The molecule has 4 rings (SSSR count). The lowest BCUT2D eigenvalue weighted by Crippen LogP contribution is -2.41. The van der Waals surface area contributed by atoms with Crippen molar-refractivity contribution in [3.05, 3.63) is 41.0 Å². The van der Waals surface area contributed by atoms with Crippen molar-refractivity contribution in [2.24, 2.45) is 5.92 Å². The fraction of sp³-hybridized carbons (Fsp3) is 0.571. The molecule has 1 aliphatic carbocycles. The SMILES string of the molecule is Cc1cc(C)cc(OCc2noc(CN3C(C(=O)O)CC4CCCCC43)n2)c1. The van der Waals surface area contributed by atoms with E-state index in [2.05, 4.69) is 16.2 Å². The smallest absolute Gasteiger partial charge is 0.320 e. The first-order valence-electron chi connectivity index (χ1n) is 10.0. The molecule has 0 spiro atoms. The number of aromatic nitrogens is 2. The lowest BCUT2D eigenvalue weighted by Gasteiger charge is -2.31. The van der Waals surface area contributed by atoms with Crippen LogP contribution in [0.15, 0.2) is 22.7 Å². The van der Waals surface area contributed by atoms with Crippen molar-refractivity contribution in [2.75, 3.05) is 0 Å². The minimum Gasteiger partial charge on any atom is -0.485 e. The molecule has 2 heterocycles. The topological polar surface area (TPSA) is 88.7 Å². The molecule has 1 aromatic carbocycles. The third-order valence-corrected chi connectivity index (χ3v) is 5.90. The van der Waals surface area contributed by atoms with E-state index in [4.69, 9.17) is 9.26 Å². The maximum atomic E-state index is 11.7. The molecule has 1 saturated heterocycles. The summed E-state index contributed by atoms with van der Waals surface area (Å²) in [5, 5.41) is 13.6. The maximum Gasteiger partial charge on any atom is 0.320 e. The van der Waals surface area contributed by atoms with Crippen molar-refractivity contribution in [3.8, 4) is 5.75 Å². The fourth-order valence-electron chi connectivity index (χ4n) is 4.76. The Bertz CT molecular complexity index is 830. The number of hydrogen-bond acceptors (Lipinski definition) is 6. The van der Waals surface area contributed by atoms with Crippen molar-refractivity contribution in [2.45, 2.75) is 71.2 Å². The number of carboxylic acid groups (broad SMARTS) is 1. The summed E-state index contributed by atoms with van der Waals surface area (Å²) in [5.74, 6) is 1.41. The lowest BCUT2D eigenvalue weighted by molar-refractivity contribution is -0.143. The summed E-state index contributed by atoms with van der Waals surface area (Å²) in [6.07, 6.45) is 5.23.